The van der Waals surface area contributed by atoms with Crippen molar-refractivity contribution in [1.29, 1.82) is 0 Å². The predicted molar refractivity (Wildman–Crippen MR) is 491 cm³/mol. The summed E-state index contributed by atoms with van der Waals surface area (Å²) in [5.74, 6) is 4.93. The van der Waals surface area contributed by atoms with Gasteiger partial charge in [-0.15, -0.1) is 12.4 Å². The van der Waals surface area contributed by atoms with Crippen LogP contribution in [0.3, 0.4) is 0 Å². The van der Waals surface area contributed by atoms with Gasteiger partial charge in [0.1, 0.15) is 69.2 Å². The molecule has 118 heavy (non-hydrogen) atoms. The number of allylic oxidation sites excluding steroid dienone is 1. The van der Waals surface area contributed by atoms with Crippen LogP contribution in [0.1, 0.15) is 114 Å². The Morgan fingerprint density at radius 2 is 0.958 bits per heavy atom. The van der Waals surface area contributed by atoms with Crippen molar-refractivity contribution < 1.29 is 55.9 Å². The van der Waals surface area contributed by atoms with Gasteiger partial charge in [0.25, 0.3) is 0 Å². The zero-order valence-electron chi connectivity index (χ0n) is 67.5. The van der Waals surface area contributed by atoms with Crippen LogP contribution in [-0.2, 0) is 77.5 Å². The summed E-state index contributed by atoms with van der Waals surface area (Å²) in [6.07, 6.45) is 20.9. The summed E-state index contributed by atoms with van der Waals surface area (Å²) >= 11 is 4.34. The Morgan fingerprint density at radius 3 is 1.40 bits per heavy atom. The highest BCUT2D eigenvalue weighted by molar-refractivity contribution is 14.1. The molecule has 2 aliphatic heterocycles. The summed E-state index contributed by atoms with van der Waals surface area (Å²) in [7, 11) is 5.40. The number of nitrogens with one attached hydrogen (secondary N) is 5. The largest absolute Gasteiger partial charge is 0.507 e. The quantitative estimate of drug-likeness (QED) is 0.0202. The maximum atomic E-state index is 12.6. The van der Waals surface area contributed by atoms with Crippen molar-refractivity contribution in [3.05, 3.63) is 299 Å². The molecule has 0 aliphatic carbocycles. The number of pyridine rings is 2. The summed E-state index contributed by atoms with van der Waals surface area (Å²) in [5.41, 5.74) is 13.6. The van der Waals surface area contributed by atoms with E-state index in [9.17, 15) is 24.0 Å². The van der Waals surface area contributed by atoms with E-state index in [2.05, 4.69) is 122 Å². The fraction of sp³-hybridized carbons (Fsp3) is 0.223. The van der Waals surface area contributed by atoms with Gasteiger partial charge >= 0.3 is 0 Å². The van der Waals surface area contributed by atoms with Crippen LogP contribution in [0.25, 0.3) is 67.0 Å². The minimum absolute atomic E-state index is 0. The normalized spacial score (nSPS) is 12.1. The highest BCUT2D eigenvalue weighted by atomic mass is 127. The average molecular weight is 1840 g/mol. The zero-order valence-corrected chi connectivity index (χ0v) is 72.6. The Kier molecular flexibility index (Phi) is 35.0. The molecule has 2 aliphatic rings. The molecule has 0 radical (unpaired) electrons. The van der Waals surface area contributed by atoms with Gasteiger partial charge in [-0.05, 0) is 180 Å². The number of hydrogen-bond donors (Lipinski definition) is 6. The molecule has 0 saturated heterocycles. The third-order valence-corrected chi connectivity index (χ3v) is 20.8. The third kappa shape index (κ3) is 24.5. The van der Waals surface area contributed by atoms with E-state index in [1.54, 1.807) is 60.6 Å². The molecule has 16 rings (SSSR count). The number of benzene rings is 7. The summed E-state index contributed by atoms with van der Waals surface area (Å²) in [4.78, 5) is 71.0. The Labute approximate surface area is 720 Å². The lowest BCUT2D eigenvalue weighted by Gasteiger charge is -2.14. The molecule has 7 aromatic heterocycles. The number of hydrogen-bond acceptors (Lipinski definition) is 17. The van der Waals surface area contributed by atoms with Gasteiger partial charge in [0, 0.05) is 119 Å². The standard InChI is InChI=1S/2C23H24N4O3.C11H13NO.C11H10O2.C10H11IO.C10H10O.C6H5IO.ClH/c2*1-3-17-18-6-4-5-7-19(18)30-20(17)14-27(2)22(29)9-8-15-10-16-12-24-13-21(28)26-23(16)25-11-15;1-3-8-9-6-4-5-7-10(9)13-11(8)12-2;1-2-8-9-5-3-4-6-10(9)13-11(8)7-12;1-2-3-8-12-10-7-5-4-6-9(10)11;1-2-8-7-11-10-6-4-3-5-9(8)10;7-5-3-1-2-4-6(5)8;/h2*4-11,24H,3,12-14H2,1-2H3,(H,25,26,28);4-7,12H,3H2,1-2H3;3-7H,2H2,1H3;2-7H,8H2,1H3;3-7H,2H2,1H3;1-4,8H;1H/b2*9-8+;;;3-2+;;;. The van der Waals surface area contributed by atoms with E-state index in [-0.39, 0.29) is 49.1 Å². The number of fused-ring (bicyclic) bond motifs is 7. The van der Waals surface area contributed by atoms with Crippen molar-refractivity contribution in [3.8, 4) is 11.5 Å². The van der Waals surface area contributed by atoms with Crippen LogP contribution in [0.15, 0.2) is 247 Å². The Balaban J connectivity index is 0.000000166. The Bertz CT molecular complexity index is 5600. The number of amides is 4. The molecule has 6 N–H and O–H groups in total. The molecule has 7 aromatic carbocycles. The summed E-state index contributed by atoms with van der Waals surface area (Å²) < 4.78 is 35.8. The first-order valence-electron chi connectivity index (χ1n) is 38.7. The maximum Gasteiger partial charge on any atom is 0.246 e. The minimum Gasteiger partial charge on any atom is -0.507 e. The molecule has 0 bridgehead atoms. The van der Waals surface area contributed by atoms with Crippen molar-refractivity contribution in [1.82, 2.24) is 30.4 Å². The third-order valence-electron chi connectivity index (χ3n) is 19.0. The monoisotopic (exact) mass is 1830 g/mol. The molecule has 0 fully saturated rings. The molecular formula is C94H98ClI2N9O12. The molecule has 9 heterocycles. The Morgan fingerprint density at radius 1 is 0.534 bits per heavy atom. The van der Waals surface area contributed by atoms with Gasteiger partial charge in [0.2, 0.25) is 23.6 Å². The molecule has 24 heteroatoms. The average Bonchev–Trinajstić information content (AvgIpc) is 1.67. The van der Waals surface area contributed by atoms with E-state index in [4.69, 9.17) is 31.9 Å². The van der Waals surface area contributed by atoms with Crippen molar-refractivity contribution in [2.75, 3.05) is 56.8 Å². The van der Waals surface area contributed by atoms with Crippen molar-refractivity contribution >= 4 is 172 Å². The van der Waals surface area contributed by atoms with Crippen molar-refractivity contribution in [2.45, 2.75) is 99.8 Å². The van der Waals surface area contributed by atoms with Crippen molar-refractivity contribution in [3.63, 3.8) is 0 Å². The van der Waals surface area contributed by atoms with Gasteiger partial charge in [-0.3, -0.25) is 24.0 Å². The number of aromatic nitrogens is 2. The van der Waals surface area contributed by atoms with Crippen LogP contribution in [0.4, 0.5) is 17.5 Å². The number of ether oxygens (including phenoxy) is 1. The van der Waals surface area contributed by atoms with Crippen LogP contribution in [0.5, 0.6) is 11.5 Å². The lowest BCUT2D eigenvalue weighted by atomic mass is 10.1. The fourth-order valence-electron chi connectivity index (χ4n) is 13.0. The van der Waals surface area contributed by atoms with Gasteiger partial charge < -0.3 is 68.3 Å². The van der Waals surface area contributed by atoms with E-state index in [1.165, 1.54) is 34.1 Å². The van der Waals surface area contributed by atoms with Gasteiger partial charge in [-0.1, -0.05) is 162 Å². The van der Waals surface area contributed by atoms with Gasteiger partial charge in [0.15, 0.2) is 17.9 Å². The van der Waals surface area contributed by atoms with Crippen molar-refractivity contribution in [2.24, 2.45) is 0 Å². The molecule has 0 atom stereocenters. The molecule has 4 amide bonds. The van der Waals surface area contributed by atoms with E-state index in [0.29, 0.717) is 55.9 Å². The van der Waals surface area contributed by atoms with Crippen LogP contribution < -0.4 is 31.3 Å². The summed E-state index contributed by atoms with van der Waals surface area (Å²) in [5, 5.41) is 29.3. The van der Waals surface area contributed by atoms with Gasteiger partial charge in [-0.25, -0.2) is 9.97 Å². The fourth-order valence-corrected chi connectivity index (χ4v) is 13.9. The first-order valence-corrected chi connectivity index (χ1v) is 40.9. The number of aldehydes is 1. The highest BCUT2D eigenvalue weighted by Crippen LogP contribution is 2.33. The second-order valence-electron chi connectivity index (χ2n) is 26.9. The number of anilines is 3. The molecule has 21 nitrogen and oxygen atoms in total. The van der Waals surface area contributed by atoms with Crippen LogP contribution in [-0.4, -0.2) is 95.6 Å². The molecule has 14 aromatic rings. The second kappa shape index (κ2) is 45.8. The van der Waals surface area contributed by atoms with E-state index >= 15 is 0 Å². The number of aryl methyl sites for hydroxylation is 5. The molecule has 612 valence electrons. The lowest BCUT2D eigenvalue weighted by Crippen LogP contribution is -2.24. The number of carbonyl (C=O) groups excluding carboxylic acids is 5. The van der Waals surface area contributed by atoms with Crippen LogP contribution in [0.2, 0.25) is 0 Å². The van der Waals surface area contributed by atoms with Gasteiger partial charge in [0.05, 0.1) is 39.6 Å². The number of phenolic OH excluding ortho intramolecular Hbond substituents is 1. The van der Waals surface area contributed by atoms with Crippen LogP contribution >= 0.6 is 57.6 Å². The number of rotatable bonds is 18. The van der Waals surface area contributed by atoms with Crippen LogP contribution in [0, 0.1) is 7.14 Å². The molecular weight excluding hydrogens is 1740 g/mol. The number of phenols is 1. The molecule has 0 unspecified atom stereocenters. The van der Waals surface area contributed by atoms with E-state index < -0.39 is 0 Å². The first-order chi connectivity index (χ1) is 56.9. The Hall–Kier alpha value is -11.6. The van der Waals surface area contributed by atoms with Gasteiger partial charge in [-0.2, -0.15) is 0 Å². The van der Waals surface area contributed by atoms with E-state index in [1.807, 2.05) is 197 Å². The summed E-state index contributed by atoms with van der Waals surface area (Å²) in [6.45, 7) is 15.5. The first kappa shape index (κ1) is 90.3. The number of halogens is 3. The number of carbonyl (C=O) groups is 5. The number of furan rings is 5. The SMILES string of the molecule is C/C=C/COc1ccccc1I.CCc1c(C=O)oc2ccccc12.CCc1c(CN(C)C(=O)/C=C/c2cnc3c(c2)CNCC(=O)N3)oc2ccccc12.CCc1c(CN(C)C(=O)/C=C/c2cnc3c(c2)CNCC(=O)N3)oc2ccccc12.CCc1c(NC)oc2ccccc12.CCc1coc2ccccc12.Cl.Oc1ccccc1I. The predicted octanol–water partition coefficient (Wildman–Crippen LogP) is 20.7. The number of likely N-dealkylation sites (N-methyl/N-ethyl adjacent to an activating group) is 2. The minimum atomic E-state index is -0.126. The molecule has 0 spiro atoms. The molecule has 0 saturated carbocycles. The number of para-hydroxylation sites is 7. The summed E-state index contributed by atoms with van der Waals surface area (Å²) in [6, 6.07) is 58.9. The number of nitrogens with zero attached hydrogens (tertiary/aromatic N) is 4. The highest BCUT2D eigenvalue weighted by Gasteiger charge is 2.21. The van der Waals surface area contributed by atoms with E-state index in [0.717, 1.165) is 152 Å². The second-order valence-corrected chi connectivity index (χ2v) is 29.2. The lowest BCUT2D eigenvalue weighted by molar-refractivity contribution is -0.126. The maximum absolute atomic E-state index is 12.6. The zero-order chi connectivity index (χ0) is 83.2. The smallest absolute Gasteiger partial charge is 0.246 e. The number of aromatic hydroxyl groups is 1. The topological polar surface area (TPSA) is 273 Å².